The first kappa shape index (κ1) is 23.3. The fraction of sp³-hybridized carbons (Fsp3) is 0.360. The number of nitrogens with zero attached hydrogens (tertiary/aromatic N) is 5. The lowest BCUT2D eigenvalue weighted by molar-refractivity contribution is 0.208. The number of nitrogens with two attached hydrogens (primary N) is 1. The molecule has 178 valence electrons. The minimum absolute atomic E-state index is 0.0227. The fourth-order valence-corrected chi connectivity index (χ4v) is 3.76. The van der Waals surface area contributed by atoms with Crippen molar-refractivity contribution in [3.8, 4) is 5.75 Å². The lowest BCUT2D eigenvalue weighted by atomic mass is 9.87. The molecule has 0 aliphatic carbocycles. The highest BCUT2D eigenvalue weighted by Gasteiger charge is 2.24. The van der Waals surface area contributed by atoms with Crippen molar-refractivity contribution < 1.29 is 9.53 Å². The highest BCUT2D eigenvalue weighted by Crippen LogP contribution is 2.28. The lowest BCUT2D eigenvalue weighted by Crippen LogP contribution is -2.50. The molecule has 34 heavy (non-hydrogen) atoms. The van der Waals surface area contributed by atoms with E-state index in [1.165, 1.54) is 5.56 Å². The van der Waals surface area contributed by atoms with Gasteiger partial charge in [-0.1, -0.05) is 32.9 Å². The monoisotopic (exact) mass is 461 g/mol. The Kier molecular flexibility index (Phi) is 6.81. The summed E-state index contributed by atoms with van der Waals surface area (Å²) >= 11 is 0. The van der Waals surface area contributed by atoms with Crippen molar-refractivity contribution in [1.29, 1.82) is 0 Å². The normalized spacial score (nSPS) is 14.1. The van der Waals surface area contributed by atoms with Crippen LogP contribution in [0, 0.1) is 0 Å². The van der Waals surface area contributed by atoms with Gasteiger partial charge in [0.25, 0.3) is 0 Å². The van der Waals surface area contributed by atoms with Crippen molar-refractivity contribution >= 4 is 23.5 Å². The SMILES string of the molecule is CC(C)(C)c1cccc(NC(=O)N2CCN(c3ncccc3OCc3ccnc(N)n3)CC2)c1. The number of nitrogen functional groups attached to an aromatic ring is 1. The van der Waals surface area contributed by atoms with Gasteiger partial charge >= 0.3 is 6.03 Å². The molecule has 0 radical (unpaired) electrons. The van der Waals surface area contributed by atoms with Crippen molar-refractivity contribution in [1.82, 2.24) is 19.9 Å². The molecule has 2 amide bonds. The molecule has 4 rings (SSSR count). The van der Waals surface area contributed by atoms with Crippen LogP contribution in [0.25, 0.3) is 0 Å². The summed E-state index contributed by atoms with van der Waals surface area (Å²) in [5.41, 5.74) is 8.36. The molecular formula is C25H31N7O2. The number of piperazine rings is 1. The second kappa shape index (κ2) is 9.94. The van der Waals surface area contributed by atoms with E-state index in [1.54, 1.807) is 18.5 Å². The summed E-state index contributed by atoms with van der Waals surface area (Å²) in [6, 6.07) is 13.4. The first-order valence-electron chi connectivity index (χ1n) is 11.4. The first-order chi connectivity index (χ1) is 16.3. The molecular weight excluding hydrogens is 430 g/mol. The number of carbonyl (C=O) groups is 1. The number of aromatic nitrogens is 3. The molecule has 1 aromatic carbocycles. The van der Waals surface area contributed by atoms with Crippen LogP contribution >= 0.6 is 0 Å². The van der Waals surface area contributed by atoms with Crippen molar-refractivity contribution in [3.63, 3.8) is 0 Å². The maximum atomic E-state index is 12.9. The van der Waals surface area contributed by atoms with E-state index >= 15 is 0 Å². The third-order valence-corrected chi connectivity index (χ3v) is 5.70. The van der Waals surface area contributed by atoms with Gasteiger partial charge in [0.2, 0.25) is 5.95 Å². The highest BCUT2D eigenvalue weighted by molar-refractivity contribution is 5.89. The quantitative estimate of drug-likeness (QED) is 0.596. The van der Waals surface area contributed by atoms with E-state index in [1.807, 2.05) is 35.2 Å². The smallest absolute Gasteiger partial charge is 0.321 e. The minimum atomic E-state index is -0.0930. The van der Waals surface area contributed by atoms with E-state index in [2.05, 4.69) is 52.0 Å². The average molecular weight is 462 g/mol. The van der Waals surface area contributed by atoms with Crippen LogP contribution in [0.4, 0.5) is 22.2 Å². The number of carbonyl (C=O) groups excluding carboxylic acids is 1. The Morgan fingerprint density at radius 3 is 2.59 bits per heavy atom. The van der Waals surface area contributed by atoms with E-state index in [9.17, 15) is 4.79 Å². The highest BCUT2D eigenvalue weighted by atomic mass is 16.5. The molecule has 0 atom stereocenters. The number of benzene rings is 1. The van der Waals surface area contributed by atoms with Crippen LogP contribution in [0.5, 0.6) is 5.75 Å². The molecule has 9 heteroatoms. The van der Waals surface area contributed by atoms with Gasteiger partial charge in [0.15, 0.2) is 11.6 Å². The first-order valence-corrected chi connectivity index (χ1v) is 11.4. The summed E-state index contributed by atoms with van der Waals surface area (Å²) in [7, 11) is 0. The van der Waals surface area contributed by atoms with Crippen LogP contribution in [0.3, 0.4) is 0 Å². The molecule has 0 saturated carbocycles. The van der Waals surface area contributed by atoms with Crippen LogP contribution in [0.1, 0.15) is 32.0 Å². The Morgan fingerprint density at radius 1 is 1.06 bits per heavy atom. The van der Waals surface area contributed by atoms with Gasteiger partial charge in [0.1, 0.15) is 6.61 Å². The molecule has 3 heterocycles. The van der Waals surface area contributed by atoms with Crippen molar-refractivity contribution in [2.45, 2.75) is 32.8 Å². The van der Waals surface area contributed by atoms with E-state index in [-0.39, 0.29) is 24.0 Å². The molecule has 0 bridgehead atoms. The summed E-state index contributed by atoms with van der Waals surface area (Å²) in [5.74, 6) is 1.63. The third kappa shape index (κ3) is 5.72. The standard InChI is InChI=1S/C25H31N7O2/c1-25(2,3)18-6-4-7-19(16-18)30-24(33)32-14-12-31(13-15-32)22-21(8-5-10-27-22)34-17-20-9-11-28-23(26)29-20/h4-11,16H,12-15,17H2,1-3H3,(H,30,33)(H2,26,28,29). The Labute approximate surface area is 200 Å². The summed E-state index contributed by atoms with van der Waals surface area (Å²) < 4.78 is 5.98. The van der Waals surface area contributed by atoms with Crippen LogP contribution in [-0.2, 0) is 12.0 Å². The van der Waals surface area contributed by atoms with Gasteiger partial charge in [0, 0.05) is 44.3 Å². The molecule has 3 aromatic rings. The molecule has 1 aliphatic rings. The van der Waals surface area contributed by atoms with Crippen LogP contribution < -0.4 is 20.7 Å². The van der Waals surface area contributed by atoms with Crippen molar-refractivity contribution in [3.05, 3.63) is 66.1 Å². The van der Waals surface area contributed by atoms with Crippen LogP contribution in [-0.4, -0.2) is 52.1 Å². The molecule has 1 fully saturated rings. The number of amides is 2. The van der Waals surface area contributed by atoms with Crippen LogP contribution in [0.2, 0.25) is 0 Å². The molecule has 1 saturated heterocycles. The summed E-state index contributed by atoms with van der Waals surface area (Å²) in [4.78, 5) is 29.4. The molecule has 3 N–H and O–H groups in total. The number of hydrogen-bond donors (Lipinski definition) is 2. The maximum absolute atomic E-state index is 12.9. The molecule has 0 spiro atoms. The molecule has 1 aliphatic heterocycles. The number of nitrogens with one attached hydrogen (secondary N) is 1. The zero-order valence-corrected chi connectivity index (χ0v) is 19.9. The van der Waals surface area contributed by atoms with E-state index in [0.29, 0.717) is 37.6 Å². The average Bonchev–Trinajstić information content (AvgIpc) is 2.83. The zero-order chi connectivity index (χ0) is 24.1. The van der Waals surface area contributed by atoms with Gasteiger partial charge < -0.3 is 25.6 Å². The Hall–Kier alpha value is -3.88. The van der Waals surface area contributed by atoms with Crippen molar-refractivity contribution in [2.24, 2.45) is 0 Å². The summed E-state index contributed by atoms with van der Waals surface area (Å²) in [6.45, 7) is 9.23. The van der Waals surface area contributed by atoms with Gasteiger partial charge in [-0.2, -0.15) is 0 Å². The van der Waals surface area contributed by atoms with Crippen molar-refractivity contribution in [2.75, 3.05) is 42.1 Å². The second-order valence-electron chi connectivity index (χ2n) is 9.26. The Balaban J connectivity index is 1.35. The lowest BCUT2D eigenvalue weighted by Gasteiger charge is -2.36. The van der Waals surface area contributed by atoms with E-state index in [4.69, 9.17) is 10.5 Å². The van der Waals surface area contributed by atoms with Gasteiger partial charge in [0.05, 0.1) is 5.69 Å². The number of anilines is 3. The second-order valence-corrected chi connectivity index (χ2v) is 9.26. The molecule has 9 nitrogen and oxygen atoms in total. The number of urea groups is 1. The zero-order valence-electron chi connectivity index (χ0n) is 19.9. The third-order valence-electron chi connectivity index (χ3n) is 5.70. The van der Waals surface area contributed by atoms with Gasteiger partial charge in [-0.15, -0.1) is 0 Å². The van der Waals surface area contributed by atoms with Crippen LogP contribution in [0.15, 0.2) is 54.9 Å². The Morgan fingerprint density at radius 2 is 1.85 bits per heavy atom. The van der Waals surface area contributed by atoms with Gasteiger partial charge in [-0.25, -0.2) is 19.7 Å². The molecule has 2 aromatic heterocycles. The molecule has 0 unspecified atom stereocenters. The fourth-order valence-electron chi connectivity index (χ4n) is 3.76. The summed E-state index contributed by atoms with van der Waals surface area (Å²) in [5, 5.41) is 3.04. The maximum Gasteiger partial charge on any atom is 0.321 e. The number of hydrogen-bond acceptors (Lipinski definition) is 7. The Bertz CT molecular complexity index is 1140. The number of ether oxygens (including phenoxy) is 1. The largest absolute Gasteiger partial charge is 0.483 e. The number of pyridine rings is 1. The predicted molar refractivity (Wildman–Crippen MR) is 133 cm³/mol. The predicted octanol–water partition coefficient (Wildman–Crippen LogP) is 3.68. The summed E-state index contributed by atoms with van der Waals surface area (Å²) in [6.07, 6.45) is 3.35. The van der Waals surface area contributed by atoms with Gasteiger partial charge in [-0.05, 0) is 41.3 Å². The number of rotatable bonds is 5. The van der Waals surface area contributed by atoms with Gasteiger partial charge in [-0.3, -0.25) is 0 Å². The van der Waals surface area contributed by atoms with E-state index in [0.717, 1.165) is 11.5 Å². The minimum Gasteiger partial charge on any atom is -0.483 e. The van der Waals surface area contributed by atoms with E-state index < -0.39 is 0 Å². The topological polar surface area (TPSA) is 110 Å².